The van der Waals surface area contributed by atoms with Crippen molar-refractivity contribution in [2.45, 2.75) is 19.0 Å². The number of ether oxygens (including phenoxy) is 2. The smallest absolute Gasteiger partial charge is 0.316 e. The first-order chi connectivity index (χ1) is 8.89. The normalized spacial score (nSPS) is 13.2. The average molecular weight is 275 g/mol. The molecule has 0 bridgehead atoms. The number of carboxylic acid groups (broad SMARTS) is 1. The number of carbonyl (C=O) groups is 1. The minimum atomic E-state index is -4.21. The standard InChI is InChI=1S/C12H14F2O5/c1-2-18-7-19-10(12(13,14)11(16)17)8-3-5-9(15)6-4-8/h3-6,10,15H,2,7H2,1H3,(H,16,17)/p-1. The molecule has 0 fully saturated rings. The minimum Gasteiger partial charge on any atom is -0.544 e. The Morgan fingerprint density at radius 1 is 1.42 bits per heavy atom. The Kier molecular flexibility index (Phi) is 5.20. The van der Waals surface area contributed by atoms with E-state index in [0.29, 0.717) is 0 Å². The monoisotopic (exact) mass is 275 g/mol. The lowest BCUT2D eigenvalue weighted by atomic mass is 10.0. The first-order valence-electron chi connectivity index (χ1n) is 5.47. The number of benzene rings is 1. The summed E-state index contributed by atoms with van der Waals surface area (Å²) in [6.45, 7) is 1.39. The largest absolute Gasteiger partial charge is 0.544 e. The number of hydrogen-bond acceptors (Lipinski definition) is 5. The van der Waals surface area contributed by atoms with Gasteiger partial charge in [-0.1, -0.05) is 12.1 Å². The molecule has 19 heavy (non-hydrogen) atoms. The molecule has 0 saturated carbocycles. The lowest BCUT2D eigenvalue weighted by molar-refractivity contribution is -0.340. The molecule has 0 spiro atoms. The number of aliphatic carboxylic acids is 1. The Hall–Kier alpha value is -1.73. The fourth-order valence-electron chi connectivity index (χ4n) is 1.37. The summed E-state index contributed by atoms with van der Waals surface area (Å²) in [5.41, 5.74) is -0.105. The summed E-state index contributed by atoms with van der Waals surface area (Å²) >= 11 is 0. The van der Waals surface area contributed by atoms with E-state index in [1.54, 1.807) is 6.92 Å². The Morgan fingerprint density at radius 2 is 2.00 bits per heavy atom. The summed E-state index contributed by atoms with van der Waals surface area (Å²) in [4.78, 5) is 10.5. The van der Waals surface area contributed by atoms with Crippen LogP contribution in [0.1, 0.15) is 18.6 Å². The number of carboxylic acids is 1. The summed E-state index contributed by atoms with van der Waals surface area (Å²) in [5.74, 6) is -6.89. The number of phenolic OH excluding ortho intramolecular Hbond substituents is 1. The summed E-state index contributed by atoms with van der Waals surface area (Å²) in [5, 5.41) is 19.6. The van der Waals surface area contributed by atoms with Crippen LogP contribution in [0.3, 0.4) is 0 Å². The SMILES string of the molecule is CCOCOC(c1ccc(O)cc1)C(F)(F)C(=O)[O-]. The first-order valence-corrected chi connectivity index (χ1v) is 5.47. The van der Waals surface area contributed by atoms with Gasteiger partial charge in [-0.2, -0.15) is 8.78 Å². The van der Waals surface area contributed by atoms with E-state index >= 15 is 0 Å². The van der Waals surface area contributed by atoms with Crippen molar-refractivity contribution in [1.82, 2.24) is 0 Å². The quantitative estimate of drug-likeness (QED) is 0.589. The maximum Gasteiger partial charge on any atom is 0.316 e. The summed E-state index contributed by atoms with van der Waals surface area (Å²) < 4.78 is 36.6. The molecule has 0 aliphatic carbocycles. The summed E-state index contributed by atoms with van der Waals surface area (Å²) in [7, 11) is 0. The average Bonchev–Trinajstić information content (AvgIpc) is 2.36. The van der Waals surface area contributed by atoms with Gasteiger partial charge in [0, 0.05) is 6.61 Å². The molecular weight excluding hydrogens is 262 g/mol. The number of carbonyl (C=O) groups excluding carboxylic acids is 1. The van der Waals surface area contributed by atoms with Crippen LogP contribution in [0, 0.1) is 0 Å². The molecule has 0 radical (unpaired) electrons. The molecule has 1 aromatic rings. The van der Waals surface area contributed by atoms with E-state index in [2.05, 4.69) is 0 Å². The number of hydrogen-bond donors (Lipinski definition) is 1. The van der Waals surface area contributed by atoms with Crippen LogP contribution in [0.4, 0.5) is 8.78 Å². The molecule has 0 amide bonds. The van der Waals surface area contributed by atoms with E-state index in [4.69, 9.17) is 14.6 Å². The zero-order valence-electron chi connectivity index (χ0n) is 10.1. The zero-order valence-corrected chi connectivity index (χ0v) is 10.1. The van der Waals surface area contributed by atoms with Crippen molar-refractivity contribution in [3.05, 3.63) is 29.8 Å². The van der Waals surface area contributed by atoms with Crippen LogP contribution in [-0.4, -0.2) is 30.4 Å². The Labute approximate surface area is 108 Å². The number of aromatic hydroxyl groups is 1. The maximum atomic E-state index is 13.5. The van der Waals surface area contributed by atoms with Crippen LogP contribution < -0.4 is 5.11 Å². The highest BCUT2D eigenvalue weighted by Crippen LogP contribution is 2.34. The van der Waals surface area contributed by atoms with Crippen LogP contribution in [0.2, 0.25) is 0 Å². The van der Waals surface area contributed by atoms with Gasteiger partial charge in [-0.05, 0) is 24.6 Å². The fourth-order valence-corrected chi connectivity index (χ4v) is 1.37. The third-order valence-corrected chi connectivity index (χ3v) is 2.32. The lowest BCUT2D eigenvalue weighted by Gasteiger charge is -2.27. The van der Waals surface area contributed by atoms with Crippen LogP contribution in [-0.2, 0) is 14.3 Å². The zero-order chi connectivity index (χ0) is 14.5. The molecule has 1 rings (SSSR count). The highest BCUT2D eigenvalue weighted by Gasteiger charge is 2.43. The summed E-state index contributed by atoms with van der Waals surface area (Å²) in [6, 6.07) is 4.58. The van der Waals surface area contributed by atoms with E-state index in [0.717, 1.165) is 24.3 Å². The second-order valence-electron chi connectivity index (χ2n) is 3.66. The number of phenols is 1. The molecule has 1 aromatic carbocycles. The van der Waals surface area contributed by atoms with E-state index in [-0.39, 0.29) is 17.9 Å². The molecule has 0 saturated heterocycles. The Balaban J connectivity index is 2.98. The van der Waals surface area contributed by atoms with Crippen LogP contribution in [0.5, 0.6) is 5.75 Å². The first kappa shape index (κ1) is 15.3. The molecule has 0 aliphatic rings. The van der Waals surface area contributed by atoms with Gasteiger partial charge < -0.3 is 24.5 Å². The van der Waals surface area contributed by atoms with Gasteiger partial charge in [0.2, 0.25) is 0 Å². The van der Waals surface area contributed by atoms with Crippen molar-refractivity contribution >= 4 is 5.97 Å². The molecular formula is C12H13F2O5-. The van der Waals surface area contributed by atoms with E-state index in [1.807, 2.05) is 0 Å². The molecule has 1 unspecified atom stereocenters. The third kappa shape index (κ3) is 3.87. The van der Waals surface area contributed by atoms with E-state index in [1.165, 1.54) is 0 Å². The molecule has 1 atom stereocenters. The Bertz CT molecular complexity index is 419. The predicted molar refractivity (Wildman–Crippen MR) is 58.4 cm³/mol. The van der Waals surface area contributed by atoms with Crippen LogP contribution in [0.15, 0.2) is 24.3 Å². The van der Waals surface area contributed by atoms with Gasteiger partial charge in [0.25, 0.3) is 0 Å². The fraction of sp³-hybridized carbons (Fsp3) is 0.417. The highest BCUT2D eigenvalue weighted by atomic mass is 19.3. The maximum absolute atomic E-state index is 13.5. The highest BCUT2D eigenvalue weighted by molar-refractivity contribution is 5.74. The van der Waals surface area contributed by atoms with Gasteiger partial charge in [-0.25, -0.2) is 0 Å². The lowest BCUT2D eigenvalue weighted by Crippen LogP contribution is -2.46. The molecule has 106 valence electrons. The van der Waals surface area contributed by atoms with E-state index < -0.39 is 24.8 Å². The molecule has 0 heterocycles. The van der Waals surface area contributed by atoms with Crippen molar-refractivity contribution in [2.24, 2.45) is 0 Å². The molecule has 0 aromatic heterocycles. The Morgan fingerprint density at radius 3 is 2.47 bits per heavy atom. The second kappa shape index (κ2) is 6.44. The van der Waals surface area contributed by atoms with Crippen molar-refractivity contribution in [3.63, 3.8) is 0 Å². The third-order valence-electron chi connectivity index (χ3n) is 2.32. The predicted octanol–water partition coefficient (Wildman–Crippen LogP) is 0.829. The van der Waals surface area contributed by atoms with Gasteiger partial charge in [-0.15, -0.1) is 0 Å². The molecule has 7 heteroatoms. The van der Waals surface area contributed by atoms with Crippen molar-refractivity contribution in [1.29, 1.82) is 0 Å². The topological polar surface area (TPSA) is 78.8 Å². The number of halogens is 2. The van der Waals surface area contributed by atoms with Gasteiger partial charge >= 0.3 is 5.92 Å². The van der Waals surface area contributed by atoms with Crippen molar-refractivity contribution in [3.8, 4) is 5.75 Å². The van der Waals surface area contributed by atoms with E-state index in [9.17, 15) is 18.7 Å². The second-order valence-corrected chi connectivity index (χ2v) is 3.66. The number of rotatable bonds is 7. The molecule has 0 aliphatic heterocycles. The van der Waals surface area contributed by atoms with Crippen molar-refractivity contribution in [2.75, 3.05) is 13.4 Å². The summed E-state index contributed by atoms with van der Waals surface area (Å²) in [6.07, 6.45) is -2.05. The van der Waals surface area contributed by atoms with Gasteiger partial charge in [0.05, 0.1) is 0 Å². The van der Waals surface area contributed by atoms with Crippen molar-refractivity contribution < 1.29 is 33.3 Å². The number of alkyl halides is 2. The minimum absolute atomic E-state index is 0.105. The van der Waals surface area contributed by atoms with Crippen LogP contribution in [0.25, 0.3) is 0 Å². The van der Waals surface area contributed by atoms with Crippen LogP contribution >= 0.6 is 0 Å². The van der Waals surface area contributed by atoms with Gasteiger partial charge in [0.1, 0.15) is 18.5 Å². The van der Waals surface area contributed by atoms with Gasteiger partial charge in [-0.3, -0.25) is 0 Å². The molecule has 1 N–H and O–H groups in total. The molecule has 5 nitrogen and oxygen atoms in total. The van der Waals surface area contributed by atoms with Gasteiger partial charge in [0.15, 0.2) is 6.10 Å².